The minimum atomic E-state index is -3.35. The molecule has 0 bridgehead atoms. The number of primary sulfonamides is 1. The van der Waals surface area contributed by atoms with Crippen molar-refractivity contribution in [3.63, 3.8) is 0 Å². The molecular weight excluding hydrogens is 328 g/mol. The number of nitrogens with two attached hydrogens (primary N) is 1. The van der Waals surface area contributed by atoms with Gasteiger partial charge in [0.2, 0.25) is 10.0 Å². The van der Waals surface area contributed by atoms with E-state index in [0.717, 1.165) is 10.0 Å². The highest BCUT2D eigenvalue weighted by molar-refractivity contribution is 9.10. The molecule has 1 rings (SSSR count). The fraction of sp³-hybridized carbons (Fsp3) is 0.400. The van der Waals surface area contributed by atoms with Crippen molar-refractivity contribution >= 4 is 37.6 Å². The first kappa shape index (κ1) is 14.9. The van der Waals surface area contributed by atoms with Crippen LogP contribution in [-0.2, 0) is 16.6 Å². The predicted molar refractivity (Wildman–Crippen MR) is 73.4 cm³/mol. The molecule has 0 saturated carbocycles. The van der Waals surface area contributed by atoms with Gasteiger partial charge in [-0.1, -0.05) is 33.6 Å². The van der Waals surface area contributed by atoms with E-state index in [0.29, 0.717) is 24.5 Å². The molecule has 1 aromatic rings. The minimum Gasteiger partial charge on any atom is -0.313 e. The van der Waals surface area contributed by atoms with Gasteiger partial charge in [-0.05, 0) is 30.7 Å². The second kappa shape index (κ2) is 6.70. The Balaban J connectivity index is 2.32. The van der Waals surface area contributed by atoms with E-state index in [4.69, 9.17) is 16.7 Å². The zero-order chi connectivity index (χ0) is 12.9. The molecule has 0 unspecified atom stereocenters. The van der Waals surface area contributed by atoms with E-state index >= 15 is 0 Å². The SMILES string of the molecule is NS(=O)(=O)CCCNCc1ccc(Cl)cc1Br. The number of hydrogen-bond acceptors (Lipinski definition) is 3. The first-order chi connectivity index (χ1) is 7.88. The van der Waals surface area contributed by atoms with Crippen molar-refractivity contribution in [2.24, 2.45) is 5.14 Å². The summed E-state index contributed by atoms with van der Waals surface area (Å²) in [5.41, 5.74) is 1.07. The standard InChI is InChI=1S/C10H14BrClN2O2S/c11-10-6-9(12)3-2-8(10)7-14-4-1-5-17(13,15)16/h2-3,6,14H,1,4-5,7H2,(H2,13,15,16). The largest absolute Gasteiger partial charge is 0.313 e. The molecule has 0 aliphatic heterocycles. The molecule has 0 aliphatic carbocycles. The van der Waals surface area contributed by atoms with Gasteiger partial charge in [0.15, 0.2) is 0 Å². The Morgan fingerprint density at radius 1 is 1.41 bits per heavy atom. The van der Waals surface area contributed by atoms with Crippen molar-refractivity contribution in [3.05, 3.63) is 33.3 Å². The zero-order valence-corrected chi connectivity index (χ0v) is 12.3. The lowest BCUT2D eigenvalue weighted by Crippen LogP contribution is -2.22. The summed E-state index contributed by atoms with van der Waals surface area (Å²) < 4.78 is 22.3. The zero-order valence-electron chi connectivity index (χ0n) is 9.12. The van der Waals surface area contributed by atoms with Crippen molar-refractivity contribution in [1.82, 2.24) is 5.32 Å². The Hall–Kier alpha value is -0.140. The first-order valence-corrected chi connectivity index (χ1v) is 7.92. The highest BCUT2D eigenvalue weighted by Crippen LogP contribution is 2.21. The van der Waals surface area contributed by atoms with E-state index in [2.05, 4.69) is 21.2 Å². The number of nitrogens with one attached hydrogen (secondary N) is 1. The van der Waals surface area contributed by atoms with Crippen LogP contribution in [0.2, 0.25) is 5.02 Å². The Bertz CT molecular complexity index is 479. The topological polar surface area (TPSA) is 72.2 Å². The number of sulfonamides is 1. The molecule has 0 atom stereocenters. The number of halogens is 2. The fourth-order valence-electron chi connectivity index (χ4n) is 1.29. The predicted octanol–water partition coefficient (Wildman–Crippen LogP) is 1.87. The maximum atomic E-state index is 10.7. The highest BCUT2D eigenvalue weighted by Gasteiger charge is 2.03. The second-order valence-corrected chi connectivity index (χ2v) is 6.66. The van der Waals surface area contributed by atoms with Gasteiger partial charge in [-0.15, -0.1) is 0 Å². The molecule has 0 heterocycles. The monoisotopic (exact) mass is 340 g/mol. The van der Waals surface area contributed by atoms with Crippen LogP contribution in [0.1, 0.15) is 12.0 Å². The molecule has 0 aromatic heterocycles. The Labute approximate surface area is 115 Å². The molecule has 0 spiro atoms. The molecule has 0 radical (unpaired) electrons. The summed E-state index contributed by atoms with van der Waals surface area (Å²) >= 11 is 9.23. The van der Waals surface area contributed by atoms with Gasteiger partial charge in [-0.3, -0.25) is 0 Å². The summed E-state index contributed by atoms with van der Waals surface area (Å²) in [5, 5.41) is 8.71. The van der Waals surface area contributed by atoms with Gasteiger partial charge in [0.25, 0.3) is 0 Å². The number of hydrogen-bond donors (Lipinski definition) is 2. The average Bonchev–Trinajstić information content (AvgIpc) is 2.18. The lowest BCUT2D eigenvalue weighted by Gasteiger charge is -2.06. The molecule has 0 fully saturated rings. The number of benzene rings is 1. The normalized spacial score (nSPS) is 11.7. The lowest BCUT2D eigenvalue weighted by molar-refractivity contribution is 0.590. The van der Waals surface area contributed by atoms with E-state index in [1.54, 1.807) is 0 Å². The summed E-state index contributed by atoms with van der Waals surface area (Å²) in [6.45, 7) is 1.26. The molecule has 0 saturated heterocycles. The fourth-order valence-corrected chi connectivity index (χ4v) is 2.66. The van der Waals surface area contributed by atoms with Gasteiger partial charge in [0.05, 0.1) is 5.75 Å². The minimum absolute atomic E-state index is 0.00177. The van der Waals surface area contributed by atoms with Gasteiger partial charge in [0.1, 0.15) is 0 Å². The van der Waals surface area contributed by atoms with Crippen molar-refractivity contribution in [1.29, 1.82) is 0 Å². The second-order valence-electron chi connectivity index (χ2n) is 3.63. The van der Waals surface area contributed by atoms with Crippen molar-refractivity contribution in [3.8, 4) is 0 Å². The van der Waals surface area contributed by atoms with Gasteiger partial charge >= 0.3 is 0 Å². The molecule has 3 N–H and O–H groups in total. The lowest BCUT2D eigenvalue weighted by atomic mass is 10.2. The van der Waals surface area contributed by atoms with Crippen molar-refractivity contribution in [2.75, 3.05) is 12.3 Å². The molecule has 1 aromatic carbocycles. The van der Waals surface area contributed by atoms with Crippen LogP contribution < -0.4 is 10.5 Å². The van der Waals surface area contributed by atoms with Crippen molar-refractivity contribution in [2.45, 2.75) is 13.0 Å². The highest BCUT2D eigenvalue weighted by atomic mass is 79.9. The summed E-state index contributed by atoms with van der Waals surface area (Å²) in [7, 11) is -3.35. The van der Waals surface area contributed by atoms with Crippen LogP contribution in [0.4, 0.5) is 0 Å². The third kappa shape index (κ3) is 6.38. The van der Waals surface area contributed by atoms with E-state index in [9.17, 15) is 8.42 Å². The third-order valence-corrected chi connectivity index (χ3v) is 3.94. The van der Waals surface area contributed by atoms with Crippen LogP contribution in [0.25, 0.3) is 0 Å². The van der Waals surface area contributed by atoms with Gasteiger partial charge in [-0.25, -0.2) is 13.6 Å². The quantitative estimate of drug-likeness (QED) is 0.776. The van der Waals surface area contributed by atoms with Crippen LogP contribution in [0, 0.1) is 0 Å². The molecule has 0 amide bonds. The maximum absolute atomic E-state index is 10.7. The average molecular weight is 342 g/mol. The van der Waals surface area contributed by atoms with Gasteiger partial charge in [0, 0.05) is 16.0 Å². The van der Waals surface area contributed by atoms with Crippen LogP contribution >= 0.6 is 27.5 Å². The summed E-state index contributed by atoms with van der Waals surface area (Å²) in [4.78, 5) is 0. The molecule has 7 heteroatoms. The van der Waals surface area contributed by atoms with E-state index in [-0.39, 0.29) is 5.75 Å². The van der Waals surface area contributed by atoms with Crippen LogP contribution in [0.5, 0.6) is 0 Å². The van der Waals surface area contributed by atoms with Gasteiger partial charge < -0.3 is 5.32 Å². The number of rotatable bonds is 6. The molecular formula is C10H14BrClN2O2S. The van der Waals surface area contributed by atoms with Crippen LogP contribution in [-0.4, -0.2) is 20.7 Å². The van der Waals surface area contributed by atoms with Crippen LogP contribution in [0.15, 0.2) is 22.7 Å². The van der Waals surface area contributed by atoms with Gasteiger partial charge in [-0.2, -0.15) is 0 Å². The molecule has 17 heavy (non-hydrogen) atoms. The van der Waals surface area contributed by atoms with Crippen molar-refractivity contribution < 1.29 is 8.42 Å². The smallest absolute Gasteiger partial charge is 0.209 e. The summed E-state index contributed by atoms with van der Waals surface area (Å²) in [6.07, 6.45) is 0.504. The van der Waals surface area contributed by atoms with E-state index in [1.807, 2.05) is 18.2 Å². The Morgan fingerprint density at radius 2 is 2.12 bits per heavy atom. The Kier molecular flexibility index (Phi) is 5.88. The summed E-state index contributed by atoms with van der Waals surface area (Å²) in [5.74, 6) is 0.00177. The van der Waals surface area contributed by atoms with E-state index in [1.165, 1.54) is 0 Å². The molecule has 0 aliphatic rings. The maximum Gasteiger partial charge on any atom is 0.209 e. The van der Waals surface area contributed by atoms with Crippen LogP contribution in [0.3, 0.4) is 0 Å². The molecule has 4 nitrogen and oxygen atoms in total. The Morgan fingerprint density at radius 3 is 2.71 bits per heavy atom. The van der Waals surface area contributed by atoms with E-state index < -0.39 is 10.0 Å². The summed E-state index contributed by atoms with van der Waals surface area (Å²) in [6, 6.07) is 5.55. The first-order valence-electron chi connectivity index (χ1n) is 5.03. The third-order valence-electron chi connectivity index (χ3n) is 2.11. The molecule has 96 valence electrons.